The van der Waals surface area contributed by atoms with E-state index in [9.17, 15) is 24.4 Å². The lowest BCUT2D eigenvalue weighted by Crippen LogP contribution is -2.42. The molecule has 4 rings (SSSR count). The van der Waals surface area contributed by atoms with E-state index in [1.54, 1.807) is 6.07 Å². The molecule has 2 N–H and O–H groups in total. The van der Waals surface area contributed by atoms with Crippen molar-refractivity contribution in [3.63, 3.8) is 0 Å². The van der Waals surface area contributed by atoms with Gasteiger partial charge in [0.2, 0.25) is 5.91 Å². The fraction of sp³-hybridized carbons (Fsp3) is 0.400. The van der Waals surface area contributed by atoms with Crippen LogP contribution in [0.3, 0.4) is 0 Å². The van der Waals surface area contributed by atoms with Crippen LogP contribution in [-0.4, -0.2) is 28.4 Å². The summed E-state index contributed by atoms with van der Waals surface area (Å²) >= 11 is 0. The Labute approximate surface area is 196 Å². The van der Waals surface area contributed by atoms with Crippen molar-refractivity contribution in [2.45, 2.75) is 57.2 Å². The van der Waals surface area contributed by atoms with E-state index in [1.807, 2.05) is 30.3 Å². The summed E-state index contributed by atoms with van der Waals surface area (Å²) in [4.78, 5) is 50.1. The number of nitriles is 1. The van der Waals surface area contributed by atoms with Gasteiger partial charge in [-0.05, 0) is 49.8 Å². The molecule has 1 aliphatic carbocycles. The van der Waals surface area contributed by atoms with Crippen molar-refractivity contribution in [1.29, 1.82) is 5.26 Å². The lowest BCUT2D eigenvalue weighted by molar-refractivity contribution is -0.125. The zero-order valence-corrected chi connectivity index (χ0v) is 18.7. The highest BCUT2D eigenvalue weighted by Gasteiger charge is 2.33. The van der Waals surface area contributed by atoms with Crippen LogP contribution < -0.4 is 16.2 Å². The molecule has 1 aromatic carbocycles. The first kappa shape index (κ1) is 23.2. The first-order valence-corrected chi connectivity index (χ1v) is 11.4. The number of aryl methyl sites for hydroxylation is 1. The smallest absolute Gasteiger partial charge is 0.412 e. The number of ketones is 1. The van der Waals surface area contributed by atoms with Gasteiger partial charge in [-0.15, -0.1) is 0 Å². The van der Waals surface area contributed by atoms with Crippen LogP contribution >= 0.6 is 0 Å². The van der Waals surface area contributed by atoms with E-state index in [0.29, 0.717) is 25.0 Å². The van der Waals surface area contributed by atoms with Crippen molar-refractivity contribution in [3.8, 4) is 6.07 Å². The van der Waals surface area contributed by atoms with E-state index in [1.165, 1.54) is 10.6 Å². The van der Waals surface area contributed by atoms with Gasteiger partial charge in [0.05, 0.1) is 6.07 Å². The number of nitrogens with zero attached hydrogens (tertiary/aromatic N) is 2. The third kappa shape index (κ3) is 5.17. The molecule has 1 aliphatic heterocycles. The second kappa shape index (κ2) is 10.3. The second-order valence-corrected chi connectivity index (χ2v) is 8.64. The van der Waals surface area contributed by atoms with Gasteiger partial charge in [0.1, 0.15) is 30.2 Å². The molecule has 1 saturated carbocycles. The number of carbonyl (C=O) groups excluding carboxylic acids is 3. The maximum Gasteiger partial charge on any atom is 0.412 e. The number of amides is 2. The molecule has 3 atom stereocenters. The molecule has 0 spiro atoms. The van der Waals surface area contributed by atoms with Gasteiger partial charge in [-0.3, -0.25) is 24.3 Å². The van der Waals surface area contributed by atoms with E-state index in [0.717, 1.165) is 18.4 Å². The van der Waals surface area contributed by atoms with Gasteiger partial charge in [0.15, 0.2) is 0 Å². The van der Waals surface area contributed by atoms with Gasteiger partial charge >= 0.3 is 6.09 Å². The van der Waals surface area contributed by atoms with Crippen molar-refractivity contribution < 1.29 is 19.1 Å². The number of benzene rings is 1. The number of hydrogen-bond acceptors (Lipinski definition) is 6. The molecular formula is C25H26N4O5. The zero-order chi connectivity index (χ0) is 24.1. The number of rotatable bonds is 7. The molecule has 1 fully saturated rings. The number of ether oxygens (including phenoxy) is 1. The topological polar surface area (TPSA) is 130 Å². The Hall–Kier alpha value is -3.93. The molecule has 2 aromatic rings. The maximum absolute atomic E-state index is 13.1. The van der Waals surface area contributed by atoms with Crippen LogP contribution in [0.4, 0.5) is 10.5 Å². The Kier molecular flexibility index (Phi) is 7.07. The van der Waals surface area contributed by atoms with E-state index in [-0.39, 0.29) is 30.4 Å². The van der Waals surface area contributed by atoms with Gasteiger partial charge in [-0.2, -0.15) is 5.26 Å². The lowest BCUT2D eigenvalue weighted by Gasteiger charge is -2.19. The number of anilines is 1. The second-order valence-electron chi connectivity index (χ2n) is 8.64. The fourth-order valence-corrected chi connectivity index (χ4v) is 4.60. The summed E-state index contributed by atoms with van der Waals surface area (Å²) in [6.07, 6.45) is 2.49. The highest BCUT2D eigenvalue weighted by atomic mass is 16.5. The predicted molar refractivity (Wildman–Crippen MR) is 123 cm³/mol. The van der Waals surface area contributed by atoms with Gasteiger partial charge in [0, 0.05) is 18.0 Å². The van der Waals surface area contributed by atoms with Gasteiger partial charge < -0.3 is 10.1 Å². The van der Waals surface area contributed by atoms with Crippen LogP contribution in [0.5, 0.6) is 0 Å². The lowest BCUT2D eigenvalue weighted by atomic mass is 9.98. The monoisotopic (exact) mass is 462 g/mol. The Balaban J connectivity index is 1.42. The third-order valence-electron chi connectivity index (χ3n) is 6.36. The molecular weight excluding hydrogens is 436 g/mol. The first-order chi connectivity index (χ1) is 16.5. The minimum atomic E-state index is -0.798. The number of pyridine rings is 1. The Morgan fingerprint density at radius 1 is 1.12 bits per heavy atom. The number of aromatic nitrogens is 1. The molecule has 2 heterocycles. The Morgan fingerprint density at radius 3 is 2.62 bits per heavy atom. The zero-order valence-electron chi connectivity index (χ0n) is 18.7. The Bertz CT molecular complexity index is 1180. The van der Waals surface area contributed by atoms with Crippen LogP contribution in [0.2, 0.25) is 0 Å². The largest absolute Gasteiger partial charge is 0.444 e. The van der Waals surface area contributed by atoms with Crippen molar-refractivity contribution in [2.75, 3.05) is 5.32 Å². The van der Waals surface area contributed by atoms with E-state index >= 15 is 0 Å². The summed E-state index contributed by atoms with van der Waals surface area (Å²) in [5.74, 6) is -0.519. The average Bonchev–Trinajstić information content (AvgIpc) is 3.46. The van der Waals surface area contributed by atoms with Crippen molar-refractivity contribution >= 4 is 23.5 Å². The van der Waals surface area contributed by atoms with Crippen molar-refractivity contribution in [1.82, 2.24) is 9.88 Å². The standard InChI is InChI=1S/C25H26N4O5/c26-14-18(13-17-7-4-8-22(17)30)27-23(31)21-12-10-19-9-11-20(24(32)29(19)21)28-25(33)34-15-16-5-2-1-3-6-16/h1-3,5-6,9,11,17-18,21H,4,7-8,10,12-13,15H2,(H,27,31)(H,28,33)/t17-,18-,21-/m0/s1. The van der Waals surface area contributed by atoms with Crippen LogP contribution in [0.1, 0.15) is 49.4 Å². The Morgan fingerprint density at radius 2 is 1.91 bits per heavy atom. The number of carbonyl (C=O) groups is 3. The van der Waals surface area contributed by atoms with Crippen LogP contribution in [-0.2, 0) is 27.4 Å². The molecule has 2 aliphatic rings. The highest BCUT2D eigenvalue weighted by Crippen LogP contribution is 2.27. The van der Waals surface area contributed by atoms with Gasteiger partial charge in [0.25, 0.3) is 5.56 Å². The quantitative estimate of drug-likeness (QED) is 0.651. The summed E-state index contributed by atoms with van der Waals surface area (Å²) in [6, 6.07) is 12.8. The van der Waals surface area contributed by atoms with Gasteiger partial charge in [-0.25, -0.2) is 4.79 Å². The minimum absolute atomic E-state index is 0.00916. The molecule has 0 radical (unpaired) electrons. The molecule has 9 heteroatoms. The minimum Gasteiger partial charge on any atom is -0.444 e. The van der Waals surface area contributed by atoms with Crippen LogP contribution in [0, 0.1) is 17.2 Å². The fourth-order valence-electron chi connectivity index (χ4n) is 4.60. The molecule has 9 nitrogen and oxygen atoms in total. The predicted octanol–water partition coefficient (Wildman–Crippen LogP) is 2.85. The maximum atomic E-state index is 13.1. The van der Waals surface area contributed by atoms with E-state index in [4.69, 9.17) is 4.74 Å². The summed E-state index contributed by atoms with van der Waals surface area (Å²) in [6.45, 7) is 0.0586. The number of nitrogens with one attached hydrogen (secondary N) is 2. The molecule has 0 bridgehead atoms. The van der Waals surface area contributed by atoms with Gasteiger partial charge in [-0.1, -0.05) is 30.3 Å². The summed E-state index contributed by atoms with van der Waals surface area (Å²) in [7, 11) is 0. The number of fused-ring (bicyclic) bond motifs is 1. The normalized spacial score (nSPS) is 19.7. The summed E-state index contributed by atoms with van der Waals surface area (Å²) in [5.41, 5.74) is 0.987. The average molecular weight is 463 g/mol. The van der Waals surface area contributed by atoms with Crippen LogP contribution in [0.15, 0.2) is 47.3 Å². The molecule has 176 valence electrons. The summed E-state index contributed by atoms with van der Waals surface area (Å²) in [5, 5.41) is 14.6. The van der Waals surface area contributed by atoms with E-state index < -0.39 is 29.6 Å². The van der Waals surface area contributed by atoms with Crippen molar-refractivity contribution in [3.05, 3.63) is 64.1 Å². The highest BCUT2D eigenvalue weighted by molar-refractivity contribution is 5.85. The van der Waals surface area contributed by atoms with Crippen molar-refractivity contribution in [2.24, 2.45) is 5.92 Å². The molecule has 1 aromatic heterocycles. The SMILES string of the molecule is N#C[C@H](C[C@@H]1CCCC1=O)NC(=O)[C@@H]1CCc2ccc(NC(=O)OCc3ccccc3)c(=O)n21. The number of hydrogen-bond donors (Lipinski definition) is 2. The summed E-state index contributed by atoms with van der Waals surface area (Å²) < 4.78 is 6.54. The molecule has 2 amide bonds. The molecule has 0 unspecified atom stereocenters. The van der Waals surface area contributed by atoms with Crippen LogP contribution in [0.25, 0.3) is 0 Å². The third-order valence-corrected chi connectivity index (χ3v) is 6.36. The molecule has 0 saturated heterocycles. The van der Waals surface area contributed by atoms with E-state index in [2.05, 4.69) is 16.7 Å². The number of Topliss-reactive ketones (excluding diaryl/α,β-unsaturated/α-hetero) is 1. The molecule has 34 heavy (non-hydrogen) atoms. The first-order valence-electron chi connectivity index (χ1n) is 11.4.